The average molecular weight is 400 g/mol. The van der Waals surface area contributed by atoms with Crippen molar-refractivity contribution < 1.29 is 9.50 Å². The van der Waals surface area contributed by atoms with Crippen molar-refractivity contribution >= 4 is 22.9 Å². The molecule has 0 spiro atoms. The van der Waals surface area contributed by atoms with Gasteiger partial charge in [0.15, 0.2) is 0 Å². The van der Waals surface area contributed by atoms with E-state index in [1.54, 1.807) is 36.5 Å². The molecule has 1 unspecified atom stereocenters. The first-order valence-electron chi connectivity index (χ1n) is 8.22. The van der Waals surface area contributed by atoms with E-state index in [0.717, 1.165) is 15.4 Å². The van der Waals surface area contributed by atoms with Gasteiger partial charge in [0, 0.05) is 39.6 Å². The highest BCUT2D eigenvalue weighted by Crippen LogP contribution is 2.41. The minimum atomic E-state index is -0.862. The molecule has 4 aromatic rings. The van der Waals surface area contributed by atoms with Crippen LogP contribution in [0.1, 0.15) is 22.9 Å². The largest absolute Gasteiger partial charge is 0.384 e. The van der Waals surface area contributed by atoms with Crippen LogP contribution in [0.5, 0.6) is 0 Å². The summed E-state index contributed by atoms with van der Waals surface area (Å²) in [6.45, 7) is 1.92. The molecule has 0 aliphatic heterocycles. The van der Waals surface area contributed by atoms with Crippen LogP contribution in [0.15, 0.2) is 54.9 Å². The molecule has 0 fully saturated rings. The number of rotatable bonds is 4. The van der Waals surface area contributed by atoms with Crippen molar-refractivity contribution in [2.45, 2.75) is 13.0 Å². The lowest BCUT2D eigenvalue weighted by Crippen LogP contribution is -2.00. The summed E-state index contributed by atoms with van der Waals surface area (Å²) in [5, 5.41) is 11.6. The van der Waals surface area contributed by atoms with E-state index >= 15 is 0 Å². The van der Waals surface area contributed by atoms with E-state index in [4.69, 9.17) is 11.6 Å². The van der Waals surface area contributed by atoms with E-state index in [2.05, 4.69) is 15.0 Å². The predicted molar refractivity (Wildman–Crippen MR) is 105 cm³/mol. The Balaban J connectivity index is 1.84. The Bertz CT molecular complexity index is 1090. The minimum absolute atomic E-state index is 0.545. The zero-order chi connectivity index (χ0) is 19.0. The number of benzene rings is 1. The maximum Gasteiger partial charge on any atom is 0.213 e. The van der Waals surface area contributed by atoms with E-state index in [9.17, 15) is 9.50 Å². The highest BCUT2D eigenvalue weighted by Gasteiger charge is 2.22. The van der Waals surface area contributed by atoms with Crippen molar-refractivity contribution in [2.75, 3.05) is 0 Å². The summed E-state index contributed by atoms with van der Waals surface area (Å²) >= 11 is 7.39. The van der Waals surface area contributed by atoms with Gasteiger partial charge in [-0.3, -0.25) is 0 Å². The fourth-order valence-corrected chi connectivity index (χ4v) is 4.11. The molecule has 136 valence electrons. The number of thiophene rings is 1. The normalized spacial score (nSPS) is 12.3. The van der Waals surface area contributed by atoms with Gasteiger partial charge in [-0.2, -0.15) is 4.39 Å². The number of aryl methyl sites for hydroxylation is 1. The Morgan fingerprint density at radius 3 is 2.59 bits per heavy atom. The van der Waals surface area contributed by atoms with E-state index < -0.39 is 12.1 Å². The highest BCUT2D eigenvalue weighted by atomic mass is 35.5. The number of aromatic nitrogens is 3. The fourth-order valence-electron chi connectivity index (χ4n) is 2.84. The van der Waals surface area contributed by atoms with Crippen molar-refractivity contribution in [2.24, 2.45) is 0 Å². The molecule has 0 saturated heterocycles. The highest BCUT2D eigenvalue weighted by molar-refractivity contribution is 7.19. The van der Waals surface area contributed by atoms with Crippen molar-refractivity contribution in [3.63, 3.8) is 0 Å². The van der Waals surface area contributed by atoms with Crippen LogP contribution in [-0.4, -0.2) is 20.1 Å². The quantitative estimate of drug-likeness (QED) is 0.453. The maximum absolute atomic E-state index is 13.6. The summed E-state index contributed by atoms with van der Waals surface area (Å²) in [6.07, 6.45) is 2.30. The van der Waals surface area contributed by atoms with Gasteiger partial charge in [-0.15, -0.1) is 11.3 Å². The van der Waals surface area contributed by atoms with Crippen LogP contribution < -0.4 is 0 Å². The molecule has 4 rings (SSSR count). The lowest BCUT2D eigenvalue weighted by atomic mass is 10.0. The van der Waals surface area contributed by atoms with Crippen molar-refractivity contribution in [3.05, 3.63) is 82.6 Å². The fraction of sp³-hybridized carbons (Fsp3) is 0.100. The number of hydrogen-bond acceptors (Lipinski definition) is 4. The van der Waals surface area contributed by atoms with Gasteiger partial charge in [-0.25, -0.2) is 9.97 Å². The standard InChI is InChI=1S/C20H15ClFN3OS/c1-11-10-24-20(25-11)19-15(18(26)12-2-4-14(21)5-3-12)9-16(27-19)13-6-7-23-17(22)8-13/h2-10,18,26H,1H3,(H,24,25). The van der Waals surface area contributed by atoms with Crippen LogP contribution in [-0.2, 0) is 0 Å². The minimum Gasteiger partial charge on any atom is -0.384 e. The summed E-state index contributed by atoms with van der Waals surface area (Å²) in [5.41, 5.74) is 3.03. The van der Waals surface area contributed by atoms with Gasteiger partial charge in [-0.05, 0) is 42.3 Å². The SMILES string of the molecule is Cc1cnc(-c2sc(-c3ccnc(F)c3)cc2C(O)c2ccc(Cl)cc2)[nH]1. The second kappa shape index (κ2) is 7.23. The van der Waals surface area contributed by atoms with Crippen molar-refractivity contribution in [1.82, 2.24) is 15.0 Å². The number of pyridine rings is 1. The number of aromatic amines is 1. The molecule has 27 heavy (non-hydrogen) atoms. The molecule has 0 amide bonds. The van der Waals surface area contributed by atoms with Crippen LogP contribution in [0, 0.1) is 12.9 Å². The first-order chi connectivity index (χ1) is 13.0. The Labute approximate surface area is 164 Å². The average Bonchev–Trinajstić information content (AvgIpc) is 3.28. The predicted octanol–water partition coefficient (Wildman–Crippen LogP) is 5.38. The summed E-state index contributed by atoms with van der Waals surface area (Å²) < 4.78 is 13.6. The first-order valence-corrected chi connectivity index (χ1v) is 9.42. The zero-order valence-corrected chi connectivity index (χ0v) is 15.9. The molecule has 3 heterocycles. The molecule has 0 saturated carbocycles. The molecular formula is C20H15ClFN3OS. The zero-order valence-electron chi connectivity index (χ0n) is 14.3. The molecule has 2 N–H and O–H groups in total. The van der Waals surface area contributed by atoms with E-state index in [-0.39, 0.29) is 0 Å². The van der Waals surface area contributed by atoms with Gasteiger partial charge in [-0.1, -0.05) is 23.7 Å². The number of hydrogen-bond donors (Lipinski definition) is 2. The topological polar surface area (TPSA) is 61.8 Å². The maximum atomic E-state index is 13.6. The van der Waals surface area contributed by atoms with E-state index in [1.807, 2.05) is 13.0 Å². The molecule has 1 atom stereocenters. The third-order valence-electron chi connectivity index (χ3n) is 4.17. The molecule has 0 bridgehead atoms. The third-order valence-corrected chi connectivity index (χ3v) is 5.63. The third kappa shape index (κ3) is 3.64. The monoisotopic (exact) mass is 399 g/mol. The van der Waals surface area contributed by atoms with Gasteiger partial charge < -0.3 is 10.1 Å². The first kappa shape index (κ1) is 17.9. The van der Waals surface area contributed by atoms with Gasteiger partial charge >= 0.3 is 0 Å². The second-order valence-corrected chi connectivity index (χ2v) is 7.62. The Hall–Kier alpha value is -2.54. The van der Waals surface area contributed by atoms with E-state index in [1.165, 1.54) is 23.6 Å². The number of H-pyrrole nitrogens is 1. The summed E-state index contributed by atoms with van der Waals surface area (Å²) in [4.78, 5) is 12.8. The van der Waals surface area contributed by atoms with Crippen LogP contribution in [0.4, 0.5) is 4.39 Å². The molecule has 0 radical (unpaired) electrons. The van der Waals surface area contributed by atoms with Gasteiger partial charge in [0.2, 0.25) is 5.95 Å². The number of nitrogens with one attached hydrogen (secondary N) is 1. The number of nitrogens with zero attached hydrogens (tertiary/aromatic N) is 2. The molecule has 0 aliphatic carbocycles. The number of halogens is 2. The van der Waals surface area contributed by atoms with Crippen LogP contribution in [0.25, 0.3) is 21.1 Å². The summed E-state index contributed by atoms with van der Waals surface area (Å²) in [5.74, 6) is 0.123. The van der Waals surface area contributed by atoms with Crippen LogP contribution in [0.2, 0.25) is 5.02 Å². The Kier molecular flexibility index (Phi) is 4.78. The van der Waals surface area contributed by atoms with Crippen molar-refractivity contribution in [1.29, 1.82) is 0 Å². The van der Waals surface area contributed by atoms with Crippen LogP contribution >= 0.6 is 22.9 Å². The number of imidazole rings is 1. The summed E-state index contributed by atoms with van der Waals surface area (Å²) in [7, 11) is 0. The van der Waals surface area contributed by atoms with Gasteiger partial charge in [0.1, 0.15) is 11.9 Å². The number of aliphatic hydroxyl groups excluding tert-OH is 1. The second-order valence-electron chi connectivity index (χ2n) is 6.13. The number of aliphatic hydroxyl groups is 1. The Morgan fingerprint density at radius 2 is 1.93 bits per heavy atom. The van der Waals surface area contributed by atoms with Crippen LogP contribution in [0.3, 0.4) is 0 Å². The summed E-state index contributed by atoms with van der Waals surface area (Å²) in [6, 6.07) is 12.0. The lowest BCUT2D eigenvalue weighted by molar-refractivity contribution is 0.221. The van der Waals surface area contributed by atoms with Gasteiger partial charge in [0.05, 0.1) is 4.88 Å². The van der Waals surface area contributed by atoms with E-state index in [0.29, 0.717) is 27.5 Å². The molecular weight excluding hydrogens is 385 g/mol. The van der Waals surface area contributed by atoms with Crippen molar-refractivity contribution in [3.8, 4) is 21.1 Å². The molecule has 4 nitrogen and oxygen atoms in total. The smallest absolute Gasteiger partial charge is 0.213 e. The molecule has 3 aromatic heterocycles. The Morgan fingerprint density at radius 1 is 1.15 bits per heavy atom. The molecule has 0 aliphatic rings. The molecule has 1 aromatic carbocycles. The van der Waals surface area contributed by atoms with Gasteiger partial charge in [0.25, 0.3) is 0 Å². The lowest BCUT2D eigenvalue weighted by Gasteiger charge is -2.11. The molecule has 7 heteroatoms.